The fourth-order valence-corrected chi connectivity index (χ4v) is 2.78. The van der Waals surface area contributed by atoms with Crippen LogP contribution in [-0.4, -0.2) is 16.7 Å². The third-order valence-electron chi connectivity index (χ3n) is 4.41. The Labute approximate surface area is 149 Å². The topological polar surface area (TPSA) is 54.4 Å². The Morgan fingerprint density at radius 1 is 0.760 bits per heavy atom. The molecule has 2 aromatic carbocycles. The van der Waals surface area contributed by atoms with Crippen LogP contribution in [0.15, 0.2) is 48.5 Å². The van der Waals surface area contributed by atoms with E-state index in [1.165, 1.54) is 0 Å². The number of phenols is 1. The van der Waals surface area contributed by atoms with E-state index in [0.29, 0.717) is 25.0 Å². The lowest BCUT2D eigenvalue weighted by molar-refractivity contribution is -0.118. The Bertz CT molecular complexity index is 684. The van der Waals surface area contributed by atoms with Crippen LogP contribution in [0, 0.1) is 0 Å². The number of rotatable bonds is 10. The first kappa shape index (κ1) is 18.9. The summed E-state index contributed by atoms with van der Waals surface area (Å²) < 4.78 is 0. The summed E-state index contributed by atoms with van der Waals surface area (Å²) in [7, 11) is 0. The quantitative estimate of drug-likeness (QED) is 0.455. The van der Waals surface area contributed by atoms with Gasteiger partial charge < -0.3 is 5.11 Å². The number of hydrogen-bond acceptors (Lipinski definition) is 3. The SMILES string of the molecule is CCC(=O)CCCCCCC(=O)c1ccc(-c2ccc(O)cc2)cc1. The fraction of sp³-hybridized carbons (Fsp3) is 0.364. The number of benzene rings is 2. The highest BCUT2D eigenvalue weighted by Crippen LogP contribution is 2.22. The molecule has 0 saturated heterocycles. The molecule has 0 fully saturated rings. The Balaban J connectivity index is 1.76. The van der Waals surface area contributed by atoms with Crippen LogP contribution < -0.4 is 0 Å². The van der Waals surface area contributed by atoms with E-state index in [1.807, 2.05) is 43.3 Å². The van der Waals surface area contributed by atoms with E-state index in [9.17, 15) is 14.7 Å². The lowest BCUT2D eigenvalue weighted by Gasteiger charge is -2.05. The monoisotopic (exact) mass is 338 g/mol. The zero-order chi connectivity index (χ0) is 18.1. The second-order valence-electron chi connectivity index (χ2n) is 6.35. The number of ketones is 2. The van der Waals surface area contributed by atoms with E-state index in [0.717, 1.165) is 42.4 Å². The van der Waals surface area contributed by atoms with E-state index >= 15 is 0 Å². The van der Waals surface area contributed by atoms with Crippen LogP contribution >= 0.6 is 0 Å². The molecule has 2 aromatic rings. The number of hydrogen-bond donors (Lipinski definition) is 1. The minimum Gasteiger partial charge on any atom is -0.508 e. The molecule has 0 aliphatic heterocycles. The van der Waals surface area contributed by atoms with Crippen molar-refractivity contribution in [2.75, 3.05) is 0 Å². The molecule has 25 heavy (non-hydrogen) atoms. The van der Waals surface area contributed by atoms with Crippen LogP contribution in [0.1, 0.15) is 62.2 Å². The maximum atomic E-state index is 12.2. The Morgan fingerprint density at radius 2 is 1.28 bits per heavy atom. The smallest absolute Gasteiger partial charge is 0.162 e. The molecule has 3 nitrogen and oxygen atoms in total. The van der Waals surface area contributed by atoms with Crippen molar-refractivity contribution < 1.29 is 14.7 Å². The van der Waals surface area contributed by atoms with Gasteiger partial charge in [-0.2, -0.15) is 0 Å². The highest BCUT2D eigenvalue weighted by atomic mass is 16.3. The van der Waals surface area contributed by atoms with Crippen LogP contribution in [0.2, 0.25) is 0 Å². The molecule has 0 spiro atoms. The van der Waals surface area contributed by atoms with Gasteiger partial charge in [0.05, 0.1) is 0 Å². The predicted molar refractivity (Wildman–Crippen MR) is 101 cm³/mol. The molecule has 0 aromatic heterocycles. The van der Waals surface area contributed by atoms with E-state index in [1.54, 1.807) is 12.1 Å². The summed E-state index contributed by atoms with van der Waals surface area (Å²) in [6.45, 7) is 1.90. The molecule has 132 valence electrons. The van der Waals surface area contributed by atoms with E-state index in [-0.39, 0.29) is 11.5 Å². The van der Waals surface area contributed by atoms with Gasteiger partial charge >= 0.3 is 0 Å². The number of carbonyl (C=O) groups excluding carboxylic acids is 2. The lowest BCUT2D eigenvalue weighted by atomic mass is 9.99. The van der Waals surface area contributed by atoms with Crippen molar-refractivity contribution in [3.63, 3.8) is 0 Å². The van der Waals surface area contributed by atoms with Gasteiger partial charge in [0.1, 0.15) is 11.5 Å². The third-order valence-corrected chi connectivity index (χ3v) is 4.41. The van der Waals surface area contributed by atoms with Crippen LogP contribution in [0.4, 0.5) is 0 Å². The first-order chi connectivity index (χ1) is 12.1. The fourth-order valence-electron chi connectivity index (χ4n) is 2.78. The average molecular weight is 338 g/mol. The molecule has 0 aliphatic carbocycles. The number of unbranched alkanes of at least 4 members (excludes halogenated alkanes) is 3. The molecular formula is C22H26O3. The van der Waals surface area contributed by atoms with Gasteiger partial charge in [0.2, 0.25) is 0 Å². The molecule has 3 heteroatoms. The highest BCUT2D eigenvalue weighted by Gasteiger charge is 2.06. The second-order valence-corrected chi connectivity index (χ2v) is 6.35. The summed E-state index contributed by atoms with van der Waals surface area (Å²) in [5.41, 5.74) is 2.78. The molecule has 1 N–H and O–H groups in total. The molecule has 0 radical (unpaired) electrons. The lowest BCUT2D eigenvalue weighted by Crippen LogP contribution is -1.99. The van der Waals surface area contributed by atoms with Crippen molar-refractivity contribution in [2.24, 2.45) is 0 Å². The Morgan fingerprint density at radius 3 is 1.84 bits per heavy atom. The number of phenolic OH excluding ortho intramolecular Hbond substituents is 1. The third kappa shape index (κ3) is 6.18. The molecule has 0 heterocycles. The molecular weight excluding hydrogens is 312 g/mol. The Hall–Kier alpha value is -2.42. The van der Waals surface area contributed by atoms with Crippen molar-refractivity contribution in [3.8, 4) is 16.9 Å². The van der Waals surface area contributed by atoms with Gasteiger partial charge in [0, 0.05) is 24.8 Å². The summed E-state index contributed by atoms with van der Waals surface area (Å²) in [4.78, 5) is 23.5. The maximum absolute atomic E-state index is 12.2. The molecule has 0 amide bonds. The van der Waals surface area contributed by atoms with Gasteiger partial charge in [-0.3, -0.25) is 9.59 Å². The molecule has 0 aliphatic rings. The molecule has 2 rings (SSSR count). The number of aromatic hydroxyl groups is 1. The number of Topliss-reactive ketones (excluding diaryl/α,β-unsaturated/α-hetero) is 2. The van der Waals surface area contributed by atoms with Crippen LogP contribution in [0.5, 0.6) is 5.75 Å². The van der Waals surface area contributed by atoms with Crippen molar-refractivity contribution in [2.45, 2.75) is 51.9 Å². The normalized spacial score (nSPS) is 10.6. The van der Waals surface area contributed by atoms with Gasteiger partial charge in [-0.05, 0) is 36.1 Å². The van der Waals surface area contributed by atoms with E-state index in [2.05, 4.69) is 0 Å². The summed E-state index contributed by atoms with van der Waals surface area (Å²) >= 11 is 0. The standard InChI is InChI=1S/C22H26O3/c1-2-20(23)7-5-3-4-6-8-22(25)19-11-9-17(10-12-19)18-13-15-21(24)16-14-18/h9-16,24H,2-8H2,1H3. The van der Waals surface area contributed by atoms with Crippen LogP contribution in [0.25, 0.3) is 11.1 Å². The van der Waals surface area contributed by atoms with Crippen LogP contribution in [0.3, 0.4) is 0 Å². The first-order valence-corrected chi connectivity index (χ1v) is 9.04. The van der Waals surface area contributed by atoms with E-state index in [4.69, 9.17) is 0 Å². The minimum absolute atomic E-state index is 0.168. The zero-order valence-corrected chi connectivity index (χ0v) is 14.8. The zero-order valence-electron chi connectivity index (χ0n) is 14.8. The van der Waals surface area contributed by atoms with Gasteiger partial charge in [0.15, 0.2) is 5.78 Å². The van der Waals surface area contributed by atoms with Gasteiger partial charge in [-0.25, -0.2) is 0 Å². The predicted octanol–water partition coefficient (Wildman–Crippen LogP) is 5.56. The highest BCUT2D eigenvalue weighted by molar-refractivity contribution is 5.96. The van der Waals surface area contributed by atoms with Crippen molar-refractivity contribution in [1.29, 1.82) is 0 Å². The molecule has 0 unspecified atom stereocenters. The summed E-state index contributed by atoms with van der Waals surface area (Å²) in [6.07, 6.45) is 5.66. The summed E-state index contributed by atoms with van der Waals surface area (Å²) in [5.74, 6) is 0.737. The van der Waals surface area contributed by atoms with Gasteiger partial charge in [-0.15, -0.1) is 0 Å². The van der Waals surface area contributed by atoms with Gasteiger partial charge in [-0.1, -0.05) is 56.2 Å². The van der Waals surface area contributed by atoms with Crippen molar-refractivity contribution in [3.05, 3.63) is 54.1 Å². The maximum Gasteiger partial charge on any atom is 0.162 e. The molecule has 0 atom stereocenters. The van der Waals surface area contributed by atoms with Gasteiger partial charge in [0.25, 0.3) is 0 Å². The number of carbonyl (C=O) groups is 2. The second kappa shape index (κ2) is 9.77. The van der Waals surface area contributed by atoms with Crippen molar-refractivity contribution >= 4 is 11.6 Å². The van der Waals surface area contributed by atoms with E-state index < -0.39 is 0 Å². The summed E-state index contributed by atoms with van der Waals surface area (Å²) in [6, 6.07) is 14.6. The Kier molecular flexibility index (Phi) is 7.39. The molecule has 0 bridgehead atoms. The van der Waals surface area contributed by atoms with Crippen molar-refractivity contribution in [1.82, 2.24) is 0 Å². The summed E-state index contributed by atoms with van der Waals surface area (Å²) in [5, 5.41) is 9.34. The minimum atomic E-state index is 0.168. The average Bonchev–Trinajstić information content (AvgIpc) is 2.65. The largest absolute Gasteiger partial charge is 0.508 e. The van der Waals surface area contributed by atoms with Crippen LogP contribution in [-0.2, 0) is 4.79 Å². The first-order valence-electron chi connectivity index (χ1n) is 9.04. The molecule has 0 saturated carbocycles.